The lowest BCUT2D eigenvalue weighted by molar-refractivity contribution is -0.483. The molecule has 1 unspecified atom stereocenters. The van der Waals surface area contributed by atoms with Gasteiger partial charge in [-0.15, -0.1) is 0 Å². The highest BCUT2D eigenvalue weighted by atomic mass is 16.5. The number of aliphatic hydroxyl groups is 1. The van der Waals surface area contributed by atoms with E-state index in [4.69, 9.17) is 10.1 Å². The van der Waals surface area contributed by atoms with Crippen LogP contribution in [0.2, 0.25) is 0 Å². The minimum Gasteiger partial charge on any atom is -0.461 e. The fraction of sp³-hybridized carbons (Fsp3) is 0.269. The van der Waals surface area contributed by atoms with Crippen LogP contribution in [0.3, 0.4) is 0 Å². The topological polar surface area (TPSA) is 103 Å². The molecule has 1 atom stereocenters. The van der Waals surface area contributed by atoms with Crippen molar-refractivity contribution in [1.29, 1.82) is 5.41 Å². The average molecular weight is 446 g/mol. The monoisotopic (exact) mass is 445 g/mol. The van der Waals surface area contributed by atoms with Gasteiger partial charge in [0.1, 0.15) is 5.69 Å². The molecule has 1 saturated heterocycles. The number of aromatic nitrogens is 1. The third-order valence-corrected chi connectivity index (χ3v) is 5.72. The third-order valence-electron chi connectivity index (χ3n) is 5.72. The van der Waals surface area contributed by atoms with E-state index < -0.39 is 5.97 Å². The minimum absolute atomic E-state index is 0.214. The van der Waals surface area contributed by atoms with E-state index in [1.165, 1.54) is 0 Å². The molecule has 170 valence electrons. The highest BCUT2D eigenvalue weighted by Gasteiger charge is 2.24. The first-order valence-electron chi connectivity index (χ1n) is 11.2. The molecule has 1 aromatic heterocycles. The predicted octanol–water partition coefficient (Wildman–Crippen LogP) is 3.41. The highest BCUT2D eigenvalue weighted by molar-refractivity contribution is 6.06. The zero-order chi connectivity index (χ0) is 23.4. The van der Waals surface area contributed by atoms with Crippen molar-refractivity contribution in [3.63, 3.8) is 0 Å². The van der Waals surface area contributed by atoms with E-state index in [2.05, 4.69) is 9.88 Å². The molecule has 1 aliphatic rings. The zero-order valence-corrected chi connectivity index (χ0v) is 18.9. The molecular weight excluding hydrogens is 416 g/mol. The number of esters is 1. The van der Waals surface area contributed by atoms with Crippen LogP contribution in [0.25, 0.3) is 11.1 Å². The van der Waals surface area contributed by atoms with Gasteiger partial charge in [0.05, 0.1) is 18.3 Å². The van der Waals surface area contributed by atoms with E-state index in [0.29, 0.717) is 23.6 Å². The van der Waals surface area contributed by atoms with Crippen LogP contribution in [0.4, 0.5) is 17.2 Å². The molecule has 0 spiro atoms. The van der Waals surface area contributed by atoms with Crippen molar-refractivity contribution in [3.8, 4) is 11.1 Å². The number of rotatable bonds is 7. The summed E-state index contributed by atoms with van der Waals surface area (Å²) in [6, 6.07) is 19.5. The lowest BCUT2D eigenvalue weighted by Crippen LogP contribution is -2.72. The van der Waals surface area contributed by atoms with Gasteiger partial charge in [-0.25, -0.2) is 4.79 Å². The highest BCUT2D eigenvalue weighted by Crippen LogP contribution is 2.31. The van der Waals surface area contributed by atoms with Crippen LogP contribution in [-0.2, 0) is 4.74 Å². The molecule has 7 nitrogen and oxygen atoms in total. The summed E-state index contributed by atoms with van der Waals surface area (Å²) in [7, 11) is 0. The number of carbonyl (C=O) groups excluding carboxylic acids is 1. The molecule has 4 N–H and O–H groups in total. The van der Waals surface area contributed by atoms with Crippen LogP contribution < -0.4 is 10.2 Å². The summed E-state index contributed by atoms with van der Waals surface area (Å²) in [6.45, 7) is 5.20. The van der Waals surface area contributed by atoms with Crippen LogP contribution >= 0.6 is 0 Å². The van der Waals surface area contributed by atoms with E-state index in [0.717, 1.165) is 35.5 Å². The Balaban J connectivity index is 1.79. The maximum atomic E-state index is 12.6. The van der Waals surface area contributed by atoms with Crippen molar-refractivity contribution in [2.75, 3.05) is 24.6 Å². The fourth-order valence-corrected chi connectivity index (χ4v) is 4.14. The van der Waals surface area contributed by atoms with Gasteiger partial charge < -0.3 is 20.2 Å². The Kier molecular flexibility index (Phi) is 6.82. The summed E-state index contributed by atoms with van der Waals surface area (Å²) in [5.41, 5.74) is 4.87. The Labute approximate surface area is 193 Å². The summed E-state index contributed by atoms with van der Waals surface area (Å²) in [4.78, 5) is 19.3. The van der Waals surface area contributed by atoms with Crippen LogP contribution in [0, 0.1) is 5.41 Å². The summed E-state index contributed by atoms with van der Waals surface area (Å²) >= 11 is 0. The number of para-hydroxylation sites is 1. The Bertz CT molecular complexity index is 1150. The van der Waals surface area contributed by atoms with Crippen molar-refractivity contribution >= 4 is 28.9 Å². The fourth-order valence-electron chi connectivity index (χ4n) is 4.14. The number of anilines is 1. The second-order valence-electron chi connectivity index (χ2n) is 8.15. The van der Waals surface area contributed by atoms with E-state index in [9.17, 15) is 9.90 Å². The van der Waals surface area contributed by atoms with Crippen molar-refractivity contribution in [2.24, 2.45) is 0 Å². The van der Waals surface area contributed by atoms with Crippen molar-refractivity contribution in [1.82, 2.24) is 4.98 Å². The van der Waals surface area contributed by atoms with Crippen LogP contribution in [0.1, 0.15) is 36.3 Å². The molecule has 0 saturated carbocycles. The SMILES string of the molecule is CCOC(=O)c1cc(-c2ccc(N3CCC(O)C3)cc2)c(C(C)=N)c([NH2+]c2ccccc2)n1. The first-order chi connectivity index (χ1) is 16.0. The number of hydrogen-bond donors (Lipinski definition) is 3. The number of nitrogens with two attached hydrogens (primary N) is 1. The number of quaternary nitrogens is 1. The van der Waals surface area contributed by atoms with Gasteiger partial charge in [0.2, 0.25) is 5.82 Å². The lowest BCUT2D eigenvalue weighted by Gasteiger charge is -2.19. The lowest BCUT2D eigenvalue weighted by atomic mass is 9.96. The van der Waals surface area contributed by atoms with Crippen molar-refractivity contribution in [2.45, 2.75) is 26.4 Å². The van der Waals surface area contributed by atoms with Gasteiger partial charge in [-0.3, -0.25) is 5.32 Å². The number of aliphatic hydroxyl groups excluding tert-OH is 1. The normalized spacial score (nSPS) is 15.5. The molecule has 0 aliphatic carbocycles. The van der Waals surface area contributed by atoms with Gasteiger partial charge in [-0.1, -0.05) is 30.3 Å². The number of pyridine rings is 1. The number of β-amino-alcohol motifs (C(OH)–C–C–N with tert-alkyl or cyclic N) is 1. The quantitative estimate of drug-likeness (QED) is 0.294. The molecule has 2 aromatic carbocycles. The van der Waals surface area contributed by atoms with Crippen LogP contribution in [-0.4, -0.2) is 47.6 Å². The number of nitrogens with one attached hydrogen (secondary N) is 1. The molecule has 4 rings (SSSR count). The van der Waals surface area contributed by atoms with Gasteiger partial charge in [0.25, 0.3) is 0 Å². The van der Waals surface area contributed by atoms with Crippen LogP contribution in [0.5, 0.6) is 0 Å². The summed E-state index contributed by atoms with van der Waals surface area (Å²) in [6.07, 6.45) is 0.477. The molecule has 1 fully saturated rings. The van der Waals surface area contributed by atoms with E-state index in [-0.39, 0.29) is 18.4 Å². The maximum Gasteiger partial charge on any atom is 0.357 e. The number of hydrogen-bond acceptors (Lipinski definition) is 6. The zero-order valence-electron chi connectivity index (χ0n) is 18.9. The molecule has 0 radical (unpaired) electrons. The second kappa shape index (κ2) is 9.94. The number of ether oxygens (including phenoxy) is 1. The third kappa shape index (κ3) is 5.10. The standard InChI is InChI=1S/C26H28N4O3/c1-3-33-26(32)23-15-22(18-9-11-20(12-10-18)30-14-13-21(31)16-30)24(17(2)27)25(29-23)28-19-7-5-4-6-8-19/h4-12,15,21,27,31H,3,13-14,16H2,1-2H3,(H,28,29)/p+1. The Morgan fingerprint density at radius 1 is 1.21 bits per heavy atom. The molecule has 0 amide bonds. The molecule has 7 heteroatoms. The largest absolute Gasteiger partial charge is 0.461 e. The Morgan fingerprint density at radius 3 is 2.55 bits per heavy atom. The van der Waals surface area contributed by atoms with Gasteiger partial charge in [0, 0.05) is 30.1 Å². The van der Waals surface area contributed by atoms with Crippen molar-refractivity contribution < 1.29 is 20.0 Å². The second-order valence-corrected chi connectivity index (χ2v) is 8.15. The molecule has 3 aromatic rings. The van der Waals surface area contributed by atoms with E-state index >= 15 is 0 Å². The molecule has 0 bridgehead atoms. The van der Waals surface area contributed by atoms with Gasteiger partial charge in [0.15, 0.2) is 5.69 Å². The van der Waals surface area contributed by atoms with Gasteiger partial charge >= 0.3 is 5.97 Å². The summed E-state index contributed by atoms with van der Waals surface area (Å²) in [5, 5.41) is 20.2. The Hall–Kier alpha value is -3.55. The van der Waals surface area contributed by atoms with Gasteiger partial charge in [-0.05, 0) is 56.2 Å². The minimum atomic E-state index is -0.488. The smallest absolute Gasteiger partial charge is 0.357 e. The first kappa shape index (κ1) is 22.6. The van der Waals surface area contributed by atoms with E-state index in [1.807, 2.05) is 59.9 Å². The summed E-state index contributed by atoms with van der Waals surface area (Å²) < 4.78 is 5.22. The number of benzene rings is 2. The van der Waals surface area contributed by atoms with E-state index in [1.54, 1.807) is 19.9 Å². The number of carbonyl (C=O) groups is 1. The number of nitrogens with zero attached hydrogens (tertiary/aromatic N) is 2. The molecule has 2 heterocycles. The first-order valence-corrected chi connectivity index (χ1v) is 11.2. The average Bonchev–Trinajstić information content (AvgIpc) is 3.25. The predicted molar refractivity (Wildman–Crippen MR) is 129 cm³/mol. The molecular formula is C26H29N4O3+. The van der Waals surface area contributed by atoms with Gasteiger partial charge in [-0.2, -0.15) is 4.98 Å². The molecule has 33 heavy (non-hydrogen) atoms. The Morgan fingerprint density at radius 2 is 1.94 bits per heavy atom. The van der Waals surface area contributed by atoms with Crippen molar-refractivity contribution in [3.05, 3.63) is 71.9 Å². The molecule has 1 aliphatic heterocycles. The maximum absolute atomic E-state index is 12.6. The van der Waals surface area contributed by atoms with Crippen LogP contribution in [0.15, 0.2) is 60.7 Å². The summed E-state index contributed by atoms with van der Waals surface area (Å²) in [5.74, 6) is 0.0688.